The predicted octanol–water partition coefficient (Wildman–Crippen LogP) is 2.57. The van der Waals surface area contributed by atoms with Crippen molar-refractivity contribution in [3.8, 4) is 11.5 Å². The van der Waals surface area contributed by atoms with E-state index in [1.54, 1.807) is 0 Å². The maximum atomic E-state index is 6.22. The lowest BCUT2D eigenvalue weighted by Crippen LogP contribution is -2.11. The van der Waals surface area contributed by atoms with Crippen LogP contribution in [0.25, 0.3) is 0 Å². The zero-order chi connectivity index (χ0) is 11.7. The molecule has 2 aliphatic rings. The van der Waals surface area contributed by atoms with Gasteiger partial charge in [0.1, 0.15) is 0 Å². The summed E-state index contributed by atoms with van der Waals surface area (Å²) in [7, 11) is 0. The van der Waals surface area contributed by atoms with Crippen LogP contribution in [0.1, 0.15) is 42.9 Å². The lowest BCUT2D eigenvalue weighted by atomic mass is 9.99. The van der Waals surface area contributed by atoms with Gasteiger partial charge in [0.25, 0.3) is 0 Å². The van der Waals surface area contributed by atoms with Gasteiger partial charge < -0.3 is 15.2 Å². The number of hydrogen-bond acceptors (Lipinski definition) is 3. The van der Waals surface area contributed by atoms with Gasteiger partial charge in [0.15, 0.2) is 11.5 Å². The summed E-state index contributed by atoms with van der Waals surface area (Å²) >= 11 is 0. The summed E-state index contributed by atoms with van der Waals surface area (Å²) in [6.07, 6.45) is 5.57. The van der Waals surface area contributed by atoms with Crippen molar-refractivity contribution in [2.75, 3.05) is 13.2 Å². The maximum Gasteiger partial charge on any atom is 0.161 e. The Morgan fingerprint density at radius 3 is 2.59 bits per heavy atom. The van der Waals surface area contributed by atoms with E-state index in [2.05, 4.69) is 12.1 Å². The van der Waals surface area contributed by atoms with Gasteiger partial charge in [-0.15, -0.1) is 0 Å². The first-order chi connectivity index (χ1) is 8.34. The molecule has 3 rings (SSSR count). The summed E-state index contributed by atoms with van der Waals surface area (Å²) < 4.78 is 11.4. The fourth-order valence-electron chi connectivity index (χ4n) is 2.66. The van der Waals surface area contributed by atoms with E-state index in [4.69, 9.17) is 15.2 Å². The minimum Gasteiger partial charge on any atom is -0.490 e. The molecule has 1 atom stereocenters. The first-order valence-corrected chi connectivity index (χ1v) is 6.52. The highest BCUT2D eigenvalue weighted by Crippen LogP contribution is 2.37. The van der Waals surface area contributed by atoms with E-state index < -0.39 is 0 Å². The van der Waals surface area contributed by atoms with Crippen molar-refractivity contribution in [2.24, 2.45) is 5.73 Å². The van der Waals surface area contributed by atoms with Crippen LogP contribution in [0.5, 0.6) is 11.5 Å². The van der Waals surface area contributed by atoms with E-state index in [1.165, 1.54) is 24.0 Å². The smallest absolute Gasteiger partial charge is 0.161 e. The topological polar surface area (TPSA) is 44.5 Å². The summed E-state index contributed by atoms with van der Waals surface area (Å²) in [5.74, 6) is 1.77. The molecule has 0 unspecified atom stereocenters. The van der Waals surface area contributed by atoms with E-state index in [9.17, 15) is 0 Å². The minimum absolute atomic E-state index is 0.157. The Labute approximate surface area is 102 Å². The Morgan fingerprint density at radius 1 is 1.00 bits per heavy atom. The van der Waals surface area contributed by atoms with Gasteiger partial charge >= 0.3 is 0 Å². The first kappa shape index (κ1) is 10.9. The second-order valence-electron chi connectivity index (χ2n) is 4.90. The fourth-order valence-corrected chi connectivity index (χ4v) is 2.66. The summed E-state index contributed by atoms with van der Waals surface area (Å²) in [5.41, 5.74) is 8.82. The third-order valence-corrected chi connectivity index (χ3v) is 3.62. The lowest BCUT2D eigenvalue weighted by molar-refractivity contribution is 0.297. The zero-order valence-corrected chi connectivity index (χ0v) is 10.1. The quantitative estimate of drug-likeness (QED) is 0.700. The maximum absolute atomic E-state index is 6.22. The van der Waals surface area contributed by atoms with Crippen LogP contribution in [0.3, 0.4) is 0 Å². The molecular weight excluding hydrogens is 214 g/mol. The van der Waals surface area contributed by atoms with Crippen LogP contribution in [-0.2, 0) is 6.42 Å². The molecule has 0 radical (unpaired) electrons. The third kappa shape index (κ3) is 2.12. The highest BCUT2D eigenvalue weighted by molar-refractivity contribution is 5.49. The summed E-state index contributed by atoms with van der Waals surface area (Å²) in [5, 5.41) is 0. The normalized spacial score (nSPS) is 23.5. The van der Waals surface area contributed by atoms with Gasteiger partial charge in [-0.3, -0.25) is 0 Å². The Hall–Kier alpha value is -1.22. The van der Waals surface area contributed by atoms with Gasteiger partial charge in [0.05, 0.1) is 13.2 Å². The number of fused-ring (bicyclic) bond motifs is 2. The highest BCUT2D eigenvalue weighted by Gasteiger charge is 2.20. The predicted molar refractivity (Wildman–Crippen MR) is 66.5 cm³/mol. The highest BCUT2D eigenvalue weighted by atomic mass is 16.5. The lowest BCUT2D eigenvalue weighted by Gasteiger charge is -2.16. The molecule has 3 heteroatoms. The largest absolute Gasteiger partial charge is 0.490 e. The second-order valence-corrected chi connectivity index (χ2v) is 4.90. The van der Waals surface area contributed by atoms with E-state index in [-0.39, 0.29) is 6.04 Å². The van der Waals surface area contributed by atoms with Crippen molar-refractivity contribution < 1.29 is 9.47 Å². The Kier molecular flexibility index (Phi) is 2.93. The molecule has 1 aliphatic carbocycles. The molecule has 0 aromatic heterocycles. The van der Waals surface area contributed by atoms with Gasteiger partial charge in [-0.1, -0.05) is 6.42 Å². The van der Waals surface area contributed by atoms with Crippen molar-refractivity contribution in [3.05, 3.63) is 23.3 Å². The SMILES string of the molecule is N[C@@H]1CCCCc2cc3c(cc21)OCCCO3. The number of ether oxygens (including phenoxy) is 2. The van der Waals surface area contributed by atoms with Crippen LogP contribution >= 0.6 is 0 Å². The standard InChI is InChI=1S/C14H19NO2/c15-12-5-2-1-4-10-8-13-14(9-11(10)12)17-7-3-6-16-13/h8-9,12H,1-7,15H2/t12-/m1/s1. The van der Waals surface area contributed by atoms with Crippen LogP contribution in [0.2, 0.25) is 0 Å². The van der Waals surface area contributed by atoms with Gasteiger partial charge in [-0.05, 0) is 42.5 Å². The van der Waals surface area contributed by atoms with Crippen molar-refractivity contribution in [2.45, 2.75) is 38.1 Å². The summed E-state index contributed by atoms with van der Waals surface area (Å²) in [4.78, 5) is 0. The van der Waals surface area contributed by atoms with Gasteiger partial charge in [-0.25, -0.2) is 0 Å². The number of rotatable bonds is 0. The number of aryl methyl sites for hydroxylation is 1. The molecule has 0 amide bonds. The van der Waals surface area contributed by atoms with Crippen LogP contribution in [-0.4, -0.2) is 13.2 Å². The van der Waals surface area contributed by atoms with Crippen molar-refractivity contribution in [1.82, 2.24) is 0 Å². The fraction of sp³-hybridized carbons (Fsp3) is 0.571. The third-order valence-electron chi connectivity index (χ3n) is 3.62. The minimum atomic E-state index is 0.157. The molecule has 0 fully saturated rings. The van der Waals surface area contributed by atoms with E-state index >= 15 is 0 Å². The van der Waals surface area contributed by atoms with E-state index in [1.807, 2.05) is 0 Å². The monoisotopic (exact) mass is 233 g/mol. The molecule has 2 N–H and O–H groups in total. The summed E-state index contributed by atoms with van der Waals surface area (Å²) in [6, 6.07) is 4.40. The van der Waals surface area contributed by atoms with Crippen LogP contribution in [0, 0.1) is 0 Å². The number of benzene rings is 1. The first-order valence-electron chi connectivity index (χ1n) is 6.52. The molecule has 1 aromatic carbocycles. The van der Waals surface area contributed by atoms with Crippen molar-refractivity contribution in [1.29, 1.82) is 0 Å². The molecule has 92 valence electrons. The molecule has 1 heterocycles. The van der Waals surface area contributed by atoms with E-state index in [0.717, 1.165) is 44.0 Å². The average molecular weight is 233 g/mol. The Balaban J connectivity index is 2.03. The molecule has 3 nitrogen and oxygen atoms in total. The average Bonchev–Trinajstić information content (AvgIpc) is 2.66. The molecule has 1 aliphatic heterocycles. The van der Waals surface area contributed by atoms with Gasteiger partial charge in [0.2, 0.25) is 0 Å². The zero-order valence-electron chi connectivity index (χ0n) is 10.1. The Morgan fingerprint density at radius 2 is 1.76 bits per heavy atom. The second kappa shape index (κ2) is 4.57. The Bertz CT molecular complexity index is 417. The number of nitrogens with two attached hydrogens (primary N) is 1. The van der Waals surface area contributed by atoms with Crippen LogP contribution in [0.15, 0.2) is 12.1 Å². The summed E-state index contributed by atoms with van der Waals surface area (Å²) in [6.45, 7) is 1.48. The molecule has 0 spiro atoms. The molecule has 17 heavy (non-hydrogen) atoms. The van der Waals surface area contributed by atoms with Crippen LogP contribution in [0.4, 0.5) is 0 Å². The molecule has 0 saturated carbocycles. The van der Waals surface area contributed by atoms with Crippen molar-refractivity contribution >= 4 is 0 Å². The van der Waals surface area contributed by atoms with Crippen LogP contribution < -0.4 is 15.2 Å². The molecule has 0 bridgehead atoms. The van der Waals surface area contributed by atoms with E-state index in [0.29, 0.717) is 0 Å². The van der Waals surface area contributed by atoms with Gasteiger partial charge in [-0.2, -0.15) is 0 Å². The molecule has 1 aromatic rings. The molecular formula is C14H19NO2. The van der Waals surface area contributed by atoms with Gasteiger partial charge in [0, 0.05) is 12.5 Å². The number of hydrogen-bond donors (Lipinski definition) is 1. The van der Waals surface area contributed by atoms with Crippen molar-refractivity contribution in [3.63, 3.8) is 0 Å². The molecule has 0 saturated heterocycles.